The van der Waals surface area contributed by atoms with Gasteiger partial charge < -0.3 is 0 Å². The van der Waals surface area contributed by atoms with Gasteiger partial charge in [0.25, 0.3) is 10.1 Å². The van der Waals surface area contributed by atoms with Gasteiger partial charge in [-0.2, -0.15) is 8.42 Å². The molecule has 0 aromatic rings. The zero-order valence-electron chi connectivity index (χ0n) is 5.03. The second kappa shape index (κ2) is 3.45. The number of hydrogen-bond donors (Lipinski definition) is 1. The van der Waals surface area contributed by atoms with Crippen molar-refractivity contribution in [1.29, 1.82) is 0 Å². The molecule has 0 aliphatic heterocycles. The largest absolute Gasteiger partial charge is 0.294 e. The minimum atomic E-state index is -3.96. The highest BCUT2D eigenvalue weighted by Gasteiger charge is 1.90. The van der Waals surface area contributed by atoms with Crippen LogP contribution in [0.3, 0.4) is 0 Å². The maximum Gasteiger partial charge on any atom is 0.294 e. The van der Waals surface area contributed by atoms with Gasteiger partial charge in [0.05, 0.1) is 5.41 Å². The predicted octanol–water partition coefficient (Wildman–Crippen LogP) is 0.953. The second-order valence-corrected chi connectivity index (χ2v) is 2.68. The van der Waals surface area contributed by atoms with E-state index in [0.717, 1.165) is 0 Å². The van der Waals surface area contributed by atoms with Gasteiger partial charge in [-0.3, -0.25) is 4.55 Å². The summed E-state index contributed by atoms with van der Waals surface area (Å²) >= 11 is 0. The highest BCUT2D eigenvalue weighted by molar-refractivity contribution is 7.88. The molecule has 52 valence electrons. The second-order valence-electron chi connectivity index (χ2n) is 1.41. The molecule has 0 saturated carbocycles. The molecule has 3 nitrogen and oxygen atoms in total. The summed E-state index contributed by atoms with van der Waals surface area (Å²) in [5, 5.41) is 0.622. The number of allylic oxidation sites excluding steroid dienone is 1. The smallest absolute Gasteiger partial charge is 0.282 e. The summed E-state index contributed by atoms with van der Waals surface area (Å²) in [5.74, 6) is 0. The van der Waals surface area contributed by atoms with Crippen LogP contribution in [0, 0.1) is 0 Å². The minimum Gasteiger partial charge on any atom is -0.282 e. The first-order chi connectivity index (χ1) is 4.06. The lowest BCUT2D eigenvalue weighted by molar-refractivity contribution is 0.494. The van der Waals surface area contributed by atoms with E-state index in [9.17, 15) is 8.42 Å². The molecule has 0 heterocycles. The fraction of sp³-hybridized carbons (Fsp3) is 0.400. The van der Waals surface area contributed by atoms with Gasteiger partial charge in [-0.25, -0.2) is 0 Å². The maximum absolute atomic E-state index is 9.92. The van der Waals surface area contributed by atoms with Crippen LogP contribution in [0.15, 0.2) is 17.2 Å². The fourth-order valence-corrected chi connectivity index (χ4v) is 0.520. The Morgan fingerprint density at radius 2 is 2.22 bits per heavy atom. The van der Waals surface area contributed by atoms with Gasteiger partial charge in [0, 0.05) is 0 Å². The molecule has 0 unspecified atom stereocenters. The van der Waals surface area contributed by atoms with Crippen molar-refractivity contribution in [1.82, 2.24) is 0 Å². The third kappa shape index (κ3) is 7.43. The van der Waals surface area contributed by atoms with Crippen LogP contribution < -0.4 is 0 Å². The van der Waals surface area contributed by atoms with E-state index in [1.54, 1.807) is 0 Å². The van der Waals surface area contributed by atoms with Crippen LogP contribution in [-0.2, 0) is 10.1 Å². The van der Waals surface area contributed by atoms with Crippen molar-refractivity contribution in [3.05, 3.63) is 17.2 Å². The Kier molecular flexibility index (Phi) is 3.24. The topological polar surface area (TPSA) is 54.4 Å². The van der Waals surface area contributed by atoms with E-state index in [1.807, 2.05) is 6.92 Å². The monoisotopic (exact) mass is 148 g/mol. The number of hydrogen-bond acceptors (Lipinski definition) is 2. The first kappa shape index (κ1) is 8.43. The molecule has 0 radical (unpaired) electrons. The van der Waals surface area contributed by atoms with E-state index in [0.29, 0.717) is 11.8 Å². The Morgan fingerprint density at radius 3 is 2.56 bits per heavy atom. The van der Waals surface area contributed by atoms with Crippen LogP contribution >= 0.6 is 0 Å². The van der Waals surface area contributed by atoms with Crippen LogP contribution in [0.5, 0.6) is 0 Å². The zero-order chi connectivity index (χ0) is 7.33. The molecule has 0 saturated heterocycles. The van der Waals surface area contributed by atoms with Crippen molar-refractivity contribution in [3.8, 4) is 0 Å². The lowest BCUT2D eigenvalue weighted by Gasteiger charge is -1.75. The van der Waals surface area contributed by atoms with Gasteiger partial charge in [0.2, 0.25) is 0 Å². The highest BCUT2D eigenvalue weighted by Crippen LogP contribution is 1.82. The van der Waals surface area contributed by atoms with Crippen molar-refractivity contribution in [2.24, 2.45) is 0 Å². The van der Waals surface area contributed by atoms with Gasteiger partial charge in [-0.05, 0) is 12.5 Å². The SMILES string of the molecule is CCC=C=CS(=O)(=O)O. The molecule has 0 aromatic carbocycles. The molecule has 9 heavy (non-hydrogen) atoms. The Hall–Kier alpha value is -0.570. The van der Waals surface area contributed by atoms with Crippen molar-refractivity contribution >= 4 is 10.1 Å². The molecular weight excluding hydrogens is 140 g/mol. The summed E-state index contributed by atoms with van der Waals surface area (Å²) < 4.78 is 27.9. The predicted molar refractivity (Wildman–Crippen MR) is 34.5 cm³/mol. The molecule has 0 atom stereocenters. The van der Waals surface area contributed by atoms with Gasteiger partial charge in [0.15, 0.2) is 0 Å². The standard InChI is InChI=1S/C5H8O3S/c1-2-3-4-5-9(6,7)8/h3,5H,2H2,1H3,(H,6,7,8). The van der Waals surface area contributed by atoms with Crippen LogP contribution in [0.4, 0.5) is 0 Å². The summed E-state index contributed by atoms with van der Waals surface area (Å²) in [4.78, 5) is 0. The summed E-state index contributed by atoms with van der Waals surface area (Å²) in [5.41, 5.74) is 2.29. The third-order valence-electron chi connectivity index (χ3n) is 0.539. The Morgan fingerprint density at radius 1 is 1.67 bits per heavy atom. The molecule has 0 spiro atoms. The third-order valence-corrected chi connectivity index (χ3v) is 0.973. The van der Waals surface area contributed by atoms with Crippen molar-refractivity contribution in [2.45, 2.75) is 13.3 Å². The molecule has 1 N–H and O–H groups in total. The molecule has 0 rings (SSSR count). The van der Waals surface area contributed by atoms with Gasteiger partial charge >= 0.3 is 0 Å². The highest BCUT2D eigenvalue weighted by atomic mass is 32.2. The van der Waals surface area contributed by atoms with E-state index in [4.69, 9.17) is 4.55 Å². The average Bonchev–Trinajstić information content (AvgIpc) is 1.63. The van der Waals surface area contributed by atoms with Crippen molar-refractivity contribution in [3.63, 3.8) is 0 Å². The quantitative estimate of drug-likeness (QED) is 0.468. The van der Waals surface area contributed by atoms with Crippen LogP contribution in [0.2, 0.25) is 0 Å². The molecular formula is C5H8O3S. The van der Waals surface area contributed by atoms with Gasteiger partial charge in [-0.15, -0.1) is 5.73 Å². The molecule has 0 aliphatic carbocycles. The zero-order valence-corrected chi connectivity index (χ0v) is 5.85. The molecule has 0 bridgehead atoms. The molecule has 0 aromatic heterocycles. The molecule has 4 heteroatoms. The normalized spacial score (nSPS) is 10.0. The summed E-state index contributed by atoms with van der Waals surface area (Å²) in [6, 6.07) is 0. The van der Waals surface area contributed by atoms with Crippen molar-refractivity contribution < 1.29 is 13.0 Å². The maximum atomic E-state index is 9.92. The lowest BCUT2D eigenvalue weighted by atomic mass is 10.5. The molecule has 0 fully saturated rings. The fourth-order valence-electron chi connectivity index (χ4n) is 0.252. The first-order valence-corrected chi connectivity index (χ1v) is 3.95. The van der Waals surface area contributed by atoms with Crippen LogP contribution in [0.1, 0.15) is 13.3 Å². The average molecular weight is 148 g/mol. The van der Waals surface area contributed by atoms with Gasteiger partial charge in [-0.1, -0.05) is 6.92 Å². The summed E-state index contributed by atoms with van der Waals surface area (Å²) in [6.07, 6.45) is 2.21. The molecule has 0 amide bonds. The van der Waals surface area contributed by atoms with E-state index in [-0.39, 0.29) is 0 Å². The first-order valence-electron chi connectivity index (χ1n) is 2.44. The van der Waals surface area contributed by atoms with Gasteiger partial charge in [0.1, 0.15) is 0 Å². The molecule has 0 aliphatic rings. The van der Waals surface area contributed by atoms with E-state index >= 15 is 0 Å². The Bertz CT molecular complexity index is 219. The number of rotatable bonds is 2. The van der Waals surface area contributed by atoms with E-state index in [1.165, 1.54) is 6.08 Å². The Balaban J connectivity index is 4.19. The minimum absolute atomic E-state index is 0.622. The van der Waals surface area contributed by atoms with Crippen molar-refractivity contribution in [2.75, 3.05) is 0 Å². The van der Waals surface area contributed by atoms with Crippen LogP contribution in [-0.4, -0.2) is 13.0 Å². The Labute approximate surface area is 54.4 Å². The van der Waals surface area contributed by atoms with E-state index < -0.39 is 10.1 Å². The summed E-state index contributed by atoms with van der Waals surface area (Å²) in [6.45, 7) is 1.84. The van der Waals surface area contributed by atoms with Crippen LogP contribution in [0.25, 0.3) is 0 Å². The summed E-state index contributed by atoms with van der Waals surface area (Å²) in [7, 11) is -3.96. The lowest BCUT2D eigenvalue weighted by Crippen LogP contribution is -1.87. The van der Waals surface area contributed by atoms with E-state index in [2.05, 4.69) is 5.73 Å².